The van der Waals surface area contributed by atoms with Crippen LogP contribution in [0.1, 0.15) is 26.2 Å². The monoisotopic (exact) mass is 206 g/mol. The highest BCUT2D eigenvalue weighted by molar-refractivity contribution is 5.38. The third-order valence-corrected chi connectivity index (χ3v) is 3.17. The number of aromatic nitrogens is 1. The molecule has 1 N–H and O–H groups in total. The SMILES string of the molecule is COc1ccc(NC2CCCC2C)nc1. The lowest BCUT2D eigenvalue weighted by Gasteiger charge is -2.17. The lowest BCUT2D eigenvalue weighted by Crippen LogP contribution is -2.22. The van der Waals surface area contributed by atoms with Gasteiger partial charge in [-0.15, -0.1) is 0 Å². The second kappa shape index (κ2) is 4.51. The third kappa shape index (κ3) is 2.41. The van der Waals surface area contributed by atoms with Crippen LogP contribution in [0.25, 0.3) is 0 Å². The molecule has 15 heavy (non-hydrogen) atoms. The Hall–Kier alpha value is -1.25. The summed E-state index contributed by atoms with van der Waals surface area (Å²) in [6, 6.07) is 4.50. The van der Waals surface area contributed by atoms with E-state index >= 15 is 0 Å². The fourth-order valence-corrected chi connectivity index (χ4v) is 2.14. The van der Waals surface area contributed by atoms with Gasteiger partial charge < -0.3 is 10.1 Å². The number of hydrogen-bond acceptors (Lipinski definition) is 3. The molecule has 1 heterocycles. The minimum Gasteiger partial charge on any atom is -0.495 e. The minimum absolute atomic E-state index is 0.589. The van der Waals surface area contributed by atoms with Gasteiger partial charge >= 0.3 is 0 Å². The van der Waals surface area contributed by atoms with E-state index in [4.69, 9.17) is 4.74 Å². The van der Waals surface area contributed by atoms with Crippen molar-refractivity contribution in [1.82, 2.24) is 4.98 Å². The van der Waals surface area contributed by atoms with Gasteiger partial charge in [-0.2, -0.15) is 0 Å². The molecule has 0 bridgehead atoms. The number of rotatable bonds is 3. The summed E-state index contributed by atoms with van der Waals surface area (Å²) in [6.45, 7) is 2.30. The van der Waals surface area contributed by atoms with Crippen molar-refractivity contribution >= 4 is 5.82 Å². The Balaban J connectivity index is 1.98. The molecule has 1 aromatic heterocycles. The maximum atomic E-state index is 5.07. The summed E-state index contributed by atoms with van der Waals surface area (Å²) in [5.41, 5.74) is 0. The zero-order chi connectivity index (χ0) is 10.7. The predicted octanol–water partition coefficient (Wildman–Crippen LogP) is 2.69. The van der Waals surface area contributed by atoms with Crippen molar-refractivity contribution in [2.45, 2.75) is 32.2 Å². The van der Waals surface area contributed by atoms with Crippen molar-refractivity contribution < 1.29 is 4.74 Å². The van der Waals surface area contributed by atoms with E-state index in [9.17, 15) is 0 Å². The molecular weight excluding hydrogens is 188 g/mol. The van der Waals surface area contributed by atoms with Gasteiger partial charge in [0.2, 0.25) is 0 Å². The summed E-state index contributed by atoms with van der Waals surface area (Å²) in [5, 5.41) is 3.48. The summed E-state index contributed by atoms with van der Waals surface area (Å²) < 4.78 is 5.07. The van der Waals surface area contributed by atoms with Crippen molar-refractivity contribution in [2.75, 3.05) is 12.4 Å². The largest absolute Gasteiger partial charge is 0.495 e. The number of hydrogen-bond donors (Lipinski definition) is 1. The smallest absolute Gasteiger partial charge is 0.137 e. The molecule has 1 aromatic rings. The van der Waals surface area contributed by atoms with Crippen molar-refractivity contribution in [1.29, 1.82) is 0 Å². The molecule has 2 rings (SSSR count). The van der Waals surface area contributed by atoms with Crippen molar-refractivity contribution in [3.05, 3.63) is 18.3 Å². The van der Waals surface area contributed by atoms with Crippen LogP contribution in [0.2, 0.25) is 0 Å². The quantitative estimate of drug-likeness (QED) is 0.825. The van der Waals surface area contributed by atoms with Gasteiger partial charge in [-0.05, 0) is 30.9 Å². The Bertz CT molecular complexity index is 310. The number of anilines is 1. The van der Waals surface area contributed by atoms with E-state index in [2.05, 4.69) is 17.2 Å². The second-order valence-corrected chi connectivity index (χ2v) is 4.24. The Morgan fingerprint density at radius 3 is 2.80 bits per heavy atom. The number of nitrogens with one attached hydrogen (secondary N) is 1. The van der Waals surface area contributed by atoms with E-state index in [0.29, 0.717) is 6.04 Å². The highest BCUT2D eigenvalue weighted by Gasteiger charge is 2.23. The van der Waals surface area contributed by atoms with Gasteiger partial charge in [0.15, 0.2) is 0 Å². The molecule has 0 spiro atoms. The van der Waals surface area contributed by atoms with Gasteiger partial charge in [0.1, 0.15) is 11.6 Å². The van der Waals surface area contributed by atoms with Crippen LogP contribution in [0.15, 0.2) is 18.3 Å². The van der Waals surface area contributed by atoms with Crippen molar-refractivity contribution in [3.8, 4) is 5.75 Å². The zero-order valence-corrected chi connectivity index (χ0v) is 9.36. The zero-order valence-electron chi connectivity index (χ0n) is 9.36. The molecule has 0 radical (unpaired) electrons. The van der Waals surface area contributed by atoms with Crippen LogP contribution in [-0.2, 0) is 0 Å². The topological polar surface area (TPSA) is 34.1 Å². The number of ether oxygens (including phenoxy) is 1. The third-order valence-electron chi connectivity index (χ3n) is 3.17. The van der Waals surface area contributed by atoms with Gasteiger partial charge in [0.25, 0.3) is 0 Å². The van der Waals surface area contributed by atoms with Gasteiger partial charge in [-0.3, -0.25) is 0 Å². The van der Waals surface area contributed by atoms with E-state index in [-0.39, 0.29) is 0 Å². The van der Waals surface area contributed by atoms with Crippen LogP contribution in [0.3, 0.4) is 0 Å². The minimum atomic E-state index is 0.589. The summed E-state index contributed by atoms with van der Waals surface area (Å²) in [7, 11) is 1.66. The fraction of sp³-hybridized carbons (Fsp3) is 0.583. The van der Waals surface area contributed by atoms with E-state index < -0.39 is 0 Å². The first-order valence-electron chi connectivity index (χ1n) is 5.56. The summed E-state index contributed by atoms with van der Waals surface area (Å²) in [5.74, 6) is 2.52. The Kier molecular flexibility index (Phi) is 3.09. The average Bonchev–Trinajstić information content (AvgIpc) is 2.66. The molecule has 2 atom stereocenters. The van der Waals surface area contributed by atoms with Gasteiger partial charge in [-0.25, -0.2) is 4.98 Å². The first-order valence-corrected chi connectivity index (χ1v) is 5.56. The lowest BCUT2D eigenvalue weighted by atomic mass is 10.1. The molecule has 0 aliphatic heterocycles. The molecule has 3 nitrogen and oxygen atoms in total. The highest BCUT2D eigenvalue weighted by atomic mass is 16.5. The molecule has 0 amide bonds. The van der Waals surface area contributed by atoms with Crippen LogP contribution in [-0.4, -0.2) is 18.1 Å². The van der Waals surface area contributed by atoms with Gasteiger partial charge in [-0.1, -0.05) is 13.3 Å². The normalized spacial score (nSPS) is 25.2. The van der Waals surface area contributed by atoms with Crippen LogP contribution in [0.5, 0.6) is 5.75 Å². The van der Waals surface area contributed by atoms with Crippen LogP contribution in [0.4, 0.5) is 5.82 Å². The summed E-state index contributed by atoms with van der Waals surface area (Å²) in [6.07, 6.45) is 5.67. The van der Waals surface area contributed by atoms with Crippen molar-refractivity contribution in [3.63, 3.8) is 0 Å². The molecule has 1 fully saturated rings. The fourth-order valence-electron chi connectivity index (χ4n) is 2.14. The predicted molar refractivity (Wildman–Crippen MR) is 61.2 cm³/mol. The van der Waals surface area contributed by atoms with Crippen LogP contribution >= 0.6 is 0 Å². The highest BCUT2D eigenvalue weighted by Crippen LogP contribution is 2.27. The van der Waals surface area contributed by atoms with Gasteiger partial charge in [0.05, 0.1) is 13.3 Å². The number of nitrogens with zero attached hydrogens (tertiary/aromatic N) is 1. The Labute approximate surface area is 90.9 Å². The lowest BCUT2D eigenvalue weighted by molar-refractivity contribution is 0.413. The molecule has 0 aromatic carbocycles. The molecule has 0 saturated heterocycles. The standard InChI is InChI=1S/C12H18N2O/c1-9-4-3-5-11(9)14-12-7-6-10(15-2)8-13-12/h6-9,11H,3-5H2,1-2H3,(H,13,14). The average molecular weight is 206 g/mol. The Morgan fingerprint density at radius 2 is 2.27 bits per heavy atom. The molecule has 1 aliphatic rings. The van der Waals surface area contributed by atoms with Crippen LogP contribution < -0.4 is 10.1 Å². The van der Waals surface area contributed by atoms with E-state index in [1.54, 1.807) is 13.3 Å². The molecule has 82 valence electrons. The van der Waals surface area contributed by atoms with Crippen LogP contribution in [0, 0.1) is 5.92 Å². The molecule has 1 saturated carbocycles. The first-order chi connectivity index (χ1) is 7.29. The van der Waals surface area contributed by atoms with Crippen molar-refractivity contribution in [2.24, 2.45) is 5.92 Å². The number of pyridine rings is 1. The summed E-state index contributed by atoms with van der Waals surface area (Å²) in [4.78, 5) is 4.31. The van der Waals surface area contributed by atoms with E-state index in [0.717, 1.165) is 17.5 Å². The molecule has 3 heteroatoms. The second-order valence-electron chi connectivity index (χ2n) is 4.24. The molecular formula is C12H18N2O. The van der Waals surface area contributed by atoms with E-state index in [1.165, 1.54) is 19.3 Å². The number of methoxy groups -OCH3 is 1. The maximum Gasteiger partial charge on any atom is 0.137 e. The Morgan fingerprint density at radius 1 is 1.40 bits per heavy atom. The summed E-state index contributed by atoms with van der Waals surface area (Å²) >= 11 is 0. The molecule has 1 aliphatic carbocycles. The molecule has 2 unspecified atom stereocenters. The van der Waals surface area contributed by atoms with Gasteiger partial charge in [0, 0.05) is 6.04 Å². The van der Waals surface area contributed by atoms with E-state index in [1.807, 2.05) is 12.1 Å². The maximum absolute atomic E-state index is 5.07. The first kappa shape index (κ1) is 10.3.